The van der Waals surface area contributed by atoms with Crippen molar-refractivity contribution in [2.75, 3.05) is 44.4 Å². The second kappa shape index (κ2) is 8.86. The number of aryl methyl sites for hydroxylation is 1. The lowest BCUT2D eigenvalue weighted by Gasteiger charge is -2.29. The minimum absolute atomic E-state index is 0.0391. The van der Waals surface area contributed by atoms with Crippen LogP contribution in [0.25, 0.3) is 17.0 Å². The zero-order valence-corrected chi connectivity index (χ0v) is 19.1. The van der Waals surface area contributed by atoms with E-state index in [1.54, 1.807) is 4.90 Å². The molecule has 1 aromatic carbocycles. The molecule has 1 aromatic heterocycles. The summed E-state index contributed by atoms with van der Waals surface area (Å²) in [4.78, 5) is 22.8. The van der Waals surface area contributed by atoms with Crippen molar-refractivity contribution in [3.63, 3.8) is 0 Å². The number of carbonyl (C=O) groups excluding carboxylic acids is 1. The predicted octanol–water partition coefficient (Wildman–Crippen LogP) is 3.76. The van der Waals surface area contributed by atoms with Gasteiger partial charge in [-0.15, -0.1) is 0 Å². The maximum Gasteiger partial charge on any atom is 0.266 e. The molecule has 0 radical (unpaired) electrons. The minimum atomic E-state index is -0.0391. The highest BCUT2D eigenvalue weighted by Gasteiger charge is 2.35. The monoisotopic (exact) mass is 455 g/mol. The van der Waals surface area contributed by atoms with Crippen molar-refractivity contribution in [1.82, 2.24) is 9.88 Å². The molecule has 4 heterocycles. The number of amides is 1. The molecule has 0 spiro atoms. The third kappa shape index (κ3) is 4.22. The molecule has 0 bridgehead atoms. The highest BCUT2D eigenvalue weighted by molar-refractivity contribution is 8.26. The summed E-state index contributed by atoms with van der Waals surface area (Å²) in [5, 5.41) is 1.07. The molecule has 3 saturated heterocycles. The number of para-hydroxylation sites is 1. The number of fused-ring (bicyclic) bond motifs is 1. The number of pyridine rings is 1. The summed E-state index contributed by atoms with van der Waals surface area (Å²) in [5.74, 6) is 0.859. The van der Waals surface area contributed by atoms with Crippen molar-refractivity contribution in [3.8, 4) is 0 Å². The normalized spacial score (nSPS) is 23.5. The Morgan fingerprint density at radius 1 is 1.29 bits per heavy atom. The molecule has 1 amide bonds. The number of ether oxygens (including phenoxy) is 2. The molecule has 0 aliphatic carbocycles. The number of hydrogen-bond donors (Lipinski definition) is 0. The van der Waals surface area contributed by atoms with Crippen LogP contribution >= 0.6 is 24.0 Å². The van der Waals surface area contributed by atoms with E-state index >= 15 is 0 Å². The first-order valence-electron chi connectivity index (χ1n) is 10.7. The number of anilines is 1. The molecule has 3 fully saturated rings. The summed E-state index contributed by atoms with van der Waals surface area (Å²) in [5.41, 5.74) is 3.08. The first kappa shape index (κ1) is 20.9. The standard InChI is InChI=1S/C23H25N3O3S2/c1-15-4-2-5-16-12-17(21(24-20(15)16)25-7-10-28-11-8-25)13-19-22(27)26(23(30)31-19)14-18-6-3-9-29-18/h2,4-5,12-13,18H,3,6-11,14H2,1H3/b19-13-. The molecule has 8 heteroatoms. The summed E-state index contributed by atoms with van der Waals surface area (Å²) in [7, 11) is 0. The Hall–Kier alpha value is -2.00. The average Bonchev–Trinajstić information content (AvgIpc) is 3.38. The molecule has 0 saturated carbocycles. The van der Waals surface area contributed by atoms with Crippen LogP contribution in [0, 0.1) is 6.92 Å². The number of benzene rings is 1. The Balaban J connectivity index is 1.51. The zero-order chi connectivity index (χ0) is 21.4. The van der Waals surface area contributed by atoms with E-state index in [1.807, 2.05) is 12.1 Å². The van der Waals surface area contributed by atoms with Crippen LogP contribution in [-0.2, 0) is 14.3 Å². The van der Waals surface area contributed by atoms with Gasteiger partial charge < -0.3 is 14.4 Å². The lowest BCUT2D eigenvalue weighted by Crippen LogP contribution is -2.37. The molecule has 0 N–H and O–H groups in total. The fraction of sp³-hybridized carbons (Fsp3) is 0.435. The number of nitrogens with zero attached hydrogens (tertiary/aromatic N) is 3. The smallest absolute Gasteiger partial charge is 0.266 e. The molecule has 1 unspecified atom stereocenters. The van der Waals surface area contributed by atoms with Gasteiger partial charge >= 0.3 is 0 Å². The third-order valence-corrected chi connectivity index (χ3v) is 7.31. The van der Waals surface area contributed by atoms with Gasteiger partial charge in [-0.1, -0.05) is 42.2 Å². The van der Waals surface area contributed by atoms with Crippen LogP contribution in [0.15, 0.2) is 29.2 Å². The summed E-state index contributed by atoms with van der Waals surface area (Å²) >= 11 is 6.89. The van der Waals surface area contributed by atoms with Gasteiger partial charge in [0.2, 0.25) is 0 Å². The van der Waals surface area contributed by atoms with Gasteiger partial charge in [-0.25, -0.2) is 4.98 Å². The Morgan fingerprint density at radius 2 is 2.13 bits per heavy atom. The summed E-state index contributed by atoms with van der Waals surface area (Å²) in [6, 6.07) is 8.32. The van der Waals surface area contributed by atoms with E-state index in [-0.39, 0.29) is 12.0 Å². The fourth-order valence-electron chi connectivity index (χ4n) is 4.28. The Bertz CT molecular complexity index is 1060. The Morgan fingerprint density at radius 3 is 2.90 bits per heavy atom. The molecule has 31 heavy (non-hydrogen) atoms. The van der Waals surface area contributed by atoms with Crippen molar-refractivity contribution in [1.29, 1.82) is 0 Å². The number of hydrogen-bond acceptors (Lipinski definition) is 7. The number of carbonyl (C=O) groups is 1. The van der Waals surface area contributed by atoms with Gasteiger partial charge in [0, 0.05) is 30.6 Å². The first-order chi connectivity index (χ1) is 15.1. The predicted molar refractivity (Wildman–Crippen MR) is 128 cm³/mol. The van der Waals surface area contributed by atoms with E-state index in [1.165, 1.54) is 11.8 Å². The SMILES string of the molecule is Cc1cccc2cc(/C=C3\SC(=S)N(CC4CCCO4)C3=O)c(N3CCOCC3)nc12. The molecule has 6 nitrogen and oxygen atoms in total. The molecule has 3 aliphatic rings. The second-order valence-corrected chi connectivity index (χ2v) is 9.75. The van der Waals surface area contributed by atoms with Gasteiger partial charge in [-0.3, -0.25) is 9.69 Å². The van der Waals surface area contributed by atoms with E-state index in [4.69, 9.17) is 26.7 Å². The van der Waals surface area contributed by atoms with Gasteiger partial charge in [0.05, 0.1) is 36.3 Å². The Kier molecular flexibility index (Phi) is 5.97. The van der Waals surface area contributed by atoms with Crippen molar-refractivity contribution in [2.24, 2.45) is 0 Å². The van der Waals surface area contributed by atoms with Crippen LogP contribution in [0.5, 0.6) is 0 Å². The van der Waals surface area contributed by atoms with Crippen molar-refractivity contribution >= 4 is 57.0 Å². The lowest BCUT2D eigenvalue weighted by molar-refractivity contribution is -0.123. The number of rotatable bonds is 4. The van der Waals surface area contributed by atoms with Crippen LogP contribution in [0.4, 0.5) is 5.82 Å². The summed E-state index contributed by atoms with van der Waals surface area (Å²) in [6.45, 7) is 6.30. The van der Waals surface area contributed by atoms with Gasteiger partial charge in [-0.2, -0.15) is 0 Å². The molecule has 2 aromatic rings. The molecule has 162 valence electrons. The molecule has 3 aliphatic heterocycles. The molecular weight excluding hydrogens is 430 g/mol. The number of aromatic nitrogens is 1. The number of thioether (sulfide) groups is 1. The maximum atomic E-state index is 13.2. The number of thiocarbonyl (C=S) groups is 1. The van der Waals surface area contributed by atoms with E-state index < -0.39 is 0 Å². The lowest BCUT2D eigenvalue weighted by atomic mass is 10.1. The van der Waals surface area contributed by atoms with Gasteiger partial charge in [0.15, 0.2) is 0 Å². The zero-order valence-electron chi connectivity index (χ0n) is 17.5. The van der Waals surface area contributed by atoms with E-state index in [0.717, 1.165) is 60.4 Å². The first-order valence-corrected chi connectivity index (χ1v) is 11.9. The largest absolute Gasteiger partial charge is 0.378 e. The number of morpholine rings is 1. The summed E-state index contributed by atoms with van der Waals surface area (Å²) < 4.78 is 11.8. The van der Waals surface area contributed by atoms with Crippen LogP contribution in [0.1, 0.15) is 24.0 Å². The second-order valence-electron chi connectivity index (χ2n) is 8.07. The third-order valence-electron chi connectivity index (χ3n) is 5.94. The quantitative estimate of drug-likeness (QED) is 0.514. The van der Waals surface area contributed by atoms with Crippen LogP contribution in [0.2, 0.25) is 0 Å². The van der Waals surface area contributed by atoms with Crippen molar-refractivity contribution in [3.05, 3.63) is 40.3 Å². The molecule has 5 rings (SSSR count). The van der Waals surface area contributed by atoms with E-state index in [2.05, 4.69) is 30.0 Å². The highest BCUT2D eigenvalue weighted by Crippen LogP contribution is 2.36. The average molecular weight is 456 g/mol. The summed E-state index contributed by atoms with van der Waals surface area (Å²) in [6.07, 6.45) is 4.05. The van der Waals surface area contributed by atoms with Gasteiger partial charge in [-0.05, 0) is 37.5 Å². The van der Waals surface area contributed by atoms with Crippen molar-refractivity contribution < 1.29 is 14.3 Å². The van der Waals surface area contributed by atoms with Gasteiger partial charge in [0.1, 0.15) is 10.1 Å². The minimum Gasteiger partial charge on any atom is -0.378 e. The van der Waals surface area contributed by atoms with Crippen LogP contribution in [0.3, 0.4) is 0 Å². The molecule has 1 atom stereocenters. The van der Waals surface area contributed by atoms with Gasteiger partial charge in [0.25, 0.3) is 5.91 Å². The van der Waals surface area contributed by atoms with E-state index in [9.17, 15) is 4.79 Å². The topological polar surface area (TPSA) is 54.9 Å². The van der Waals surface area contributed by atoms with Crippen LogP contribution in [-0.4, -0.2) is 65.7 Å². The fourth-order valence-corrected chi connectivity index (χ4v) is 5.54. The highest BCUT2D eigenvalue weighted by atomic mass is 32.2. The van der Waals surface area contributed by atoms with E-state index in [0.29, 0.717) is 29.0 Å². The van der Waals surface area contributed by atoms with Crippen molar-refractivity contribution in [2.45, 2.75) is 25.9 Å². The Labute approximate surface area is 191 Å². The van der Waals surface area contributed by atoms with Crippen LogP contribution < -0.4 is 4.90 Å². The maximum absolute atomic E-state index is 13.2. The molecular formula is C23H25N3O3S2.